The molecule has 3 nitrogen and oxygen atoms in total. The van der Waals surface area contributed by atoms with Crippen LogP contribution in [0.15, 0.2) is 12.4 Å². The largest absolute Gasteiger partial charge is 0.344 e. The highest BCUT2D eigenvalue weighted by atomic mass is 79.9. The molecule has 0 aromatic heterocycles. The van der Waals surface area contributed by atoms with Crippen LogP contribution in [0, 0.1) is 0 Å². The molecule has 5 heteroatoms. The first-order valence-corrected chi connectivity index (χ1v) is 5.67. The minimum Gasteiger partial charge on any atom is -0.344 e. The van der Waals surface area contributed by atoms with Crippen molar-refractivity contribution in [2.45, 2.75) is 30.5 Å². The molecule has 2 heterocycles. The van der Waals surface area contributed by atoms with E-state index in [1.165, 1.54) is 6.42 Å². The predicted octanol–water partition coefficient (Wildman–Crippen LogP) is 2.43. The van der Waals surface area contributed by atoms with Crippen LogP contribution in [0.2, 0.25) is 0 Å². The Morgan fingerprint density at radius 1 is 1.38 bits per heavy atom. The molecular formula is C8H12BrClN2O. The van der Waals surface area contributed by atoms with E-state index in [2.05, 4.69) is 20.8 Å². The van der Waals surface area contributed by atoms with Gasteiger partial charge in [-0.3, -0.25) is 4.42 Å². The highest BCUT2D eigenvalue weighted by molar-refractivity contribution is 9.09. The fraction of sp³-hybridized carbons (Fsp3) is 0.750. The number of nitrogens with zero attached hydrogens (tertiary/aromatic N) is 2. The number of hydrogen-bond donors (Lipinski definition) is 0. The van der Waals surface area contributed by atoms with Gasteiger partial charge in [-0.1, -0.05) is 15.9 Å². The Hall–Kier alpha value is 0.0700. The molecule has 2 rings (SSSR count). The van der Waals surface area contributed by atoms with Crippen molar-refractivity contribution in [2.75, 3.05) is 6.67 Å². The quantitative estimate of drug-likeness (QED) is 0.536. The van der Waals surface area contributed by atoms with Crippen molar-refractivity contribution in [2.24, 2.45) is 0 Å². The van der Waals surface area contributed by atoms with Crippen LogP contribution in [-0.4, -0.2) is 27.2 Å². The van der Waals surface area contributed by atoms with Gasteiger partial charge in [-0.2, -0.15) is 0 Å². The van der Waals surface area contributed by atoms with Gasteiger partial charge in [-0.25, -0.2) is 0 Å². The van der Waals surface area contributed by atoms with Gasteiger partial charge in [0.25, 0.3) is 0 Å². The second-order valence-electron chi connectivity index (χ2n) is 3.29. The Labute approximate surface area is 91.5 Å². The lowest BCUT2D eigenvalue weighted by atomic mass is 10.2. The molecule has 1 fully saturated rings. The molecule has 2 aliphatic rings. The molecule has 2 atom stereocenters. The first-order chi connectivity index (χ1) is 6.25. The van der Waals surface area contributed by atoms with Crippen LogP contribution in [-0.2, 0) is 4.74 Å². The second-order valence-corrected chi connectivity index (χ2v) is 4.74. The Bertz CT molecular complexity index is 214. The third-order valence-corrected chi connectivity index (χ3v) is 3.17. The summed E-state index contributed by atoms with van der Waals surface area (Å²) in [7, 11) is 0. The van der Waals surface area contributed by atoms with E-state index in [0.717, 1.165) is 12.8 Å². The molecule has 2 unspecified atom stereocenters. The van der Waals surface area contributed by atoms with Gasteiger partial charge in [0.1, 0.15) is 17.9 Å². The molecule has 0 spiro atoms. The van der Waals surface area contributed by atoms with Crippen molar-refractivity contribution in [1.82, 2.24) is 9.32 Å². The monoisotopic (exact) mass is 266 g/mol. The highest BCUT2D eigenvalue weighted by Crippen LogP contribution is 2.27. The van der Waals surface area contributed by atoms with Crippen molar-refractivity contribution < 1.29 is 4.74 Å². The summed E-state index contributed by atoms with van der Waals surface area (Å²) < 4.78 is 7.35. The van der Waals surface area contributed by atoms with Crippen molar-refractivity contribution in [3.8, 4) is 0 Å². The topological polar surface area (TPSA) is 15.7 Å². The smallest absolute Gasteiger partial charge is 0.132 e. The molecule has 0 aromatic carbocycles. The lowest BCUT2D eigenvalue weighted by Gasteiger charge is -2.33. The van der Waals surface area contributed by atoms with Gasteiger partial charge in [0, 0.05) is 24.2 Å². The van der Waals surface area contributed by atoms with Gasteiger partial charge >= 0.3 is 0 Å². The summed E-state index contributed by atoms with van der Waals surface area (Å²) in [5.74, 6) is 0. The van der Waals surface area contributed by atoms with Gasteiger partial charge in [-0.05, 0) is 19.3 Å². The Morgan fingerprint density at radius 2 is 2.23 bits per heavy atom. The summed E-state index contributed by atoms with van der Waals surface area (Å²) in [6.07, 6.45) is 7.38. The van der Waals surface area contributed by atoms with Crippen LogP contribution in [0.3, 0.4) is 0 Å². The van der Waals surface area contributed by atoms with Crippen molar-refractivity contribution in [1.29, 1.82) is 0 Å². The van der Waals surface area contributed by atoms with Crippen LogP contribution in [0.5, 0.6) is 0 Å². The zero-order valence-electron chi connectivity index (χ0n) is 7.20. The molecule has 2 aliphatic heterocycles. The number of ether oxygens (including phenoxy) is 1. The maximum absolute atomic E-state index is 5.80. The zero-order chi connectivity index (χ0) is 9.26. The fourth-order valence-corrected chi connectivity index (χ4v) is 2.35. The van der Waals surface area contributed by atoms with E-state index in [1.54, 1.807) is 4.42 Å². The summed E-state index contributed by atoms with van der Waals surface area (Å²) in [5, 5.41) is 0.198. The predicted molar refractivity (Wildman–Crippen MR) is 55.0 cm³/mol. The number of rotatable bonds is 1. The zero-order valence-corrected chi connectivity index (χ0v) is 9.54. The fourth-order valence-electron chi connectivity index (χ4n) is 1.60. The molecule has 0 amide bonds. The lowest BCUT2D eigenvalue weighted by molar-refractivity contribution is -0.0786. The first kappa shape index (κ1) is 9.62. The summed E-state index contributed by atoms with van der Waals surface area (Å²) >= 11 is 9.27. The number of hydrogen-bond acceptors (Lipinski definition) is 3. The summed E-state index contributed by atoms with van der Waals surface area (Å²) in [6, 6.07) is 0. The molecule has 0 N–H and O–H groups in total. The average Bonchev–Trinajstić information content (AvgIpc) is 2.52. The normalized spacial score (nSPS) is 34.3. The highest BCUT2D eigenvalue weighted by Gasteiger charge is 2.26. The van der Waals surface area contributed by atoms with Crippen molar-refractivity contribution in [3.05, 3.63) is 12.4 Å². The van der Waals surface area contributed by atoms with Crippen LogP contribution < -0.4 is 0 Å². The van der Waals surface area contributed by atoms with Crippen LogP contribution in [0.25, 0.3) is 0 Å². The van der Waals surface area contributed by atoms with Gasteiger partial charge in [0.05, 0.1) is 0 Å². The van der Waals surface area contributed by atoms with Crippen LogP contribution in [0.1, 0.15) is 19.3 Å². The first-order valence-electron chi connectivity index (χ1n) is 4.42. The third-order valence-electron chi connectivity index (χ3n) is 2.28. The SMILES string of the molecule is ClN1C=CN(C2CCCC(Br)O2)C1. The average molecular weight is 268 g/mol. The van der Waals surface area contributed by atoms with E-state index in [1.807, 2.05) is 12.4 Å². The standard InChI is InChI=1S/C8H12BrClN2O/c9-7-2-1-3-8(13-7)11-4-5-12(10)6-11/h4-5,7-8H,1-3,6H2. The van der Waals surface area contributed by atoms with E-state index in [-0.39, 0.29) is 11.2 Å². The molecule has 1 saturated heterocycles. The molecule has 13 heavy (non-hydrogen) atoms. The van der Waals surface area contributed by atoms with Gasteiger partial charge in [-0.15, -0.1) is 0 Å². The van der Waals surface area contributed by atoms with E-state index >= 15 is 0 Å². The van der Waals surface area contributed by atoms with Crippen LogP contribution >= 0.6 is 27.7 Å². The number of halogens is 2. The van der Waals surface area contributed by atoms with Crippen molar-refractivity contribution >= 4 is 27.7 Å². The molecule has 0 radical (unpaired) electrons. The second kappa shape index (κ2) is 4.07. The maximum atomic E-state index is 5.80. The summed E-state index contributed by atoms with van der Waals surface area (Å²) in [5.41, 5.74) is 0. The molecule has 0 aliphatic carbocycles. The van der Waals surface area contributed by atoms with Crippen molar-refractivity contribution in [3.63, 3.8) is 0 Å². The lowest BCUT2D eigenvalue weighted by Crippen LogP contribution is -2.38. The van der Waals surface area contributed by atoms with Gasteiger partial charge in [0.15, 0.2) is 0 Å². The third kappa shape index (κ3) is 2.30. The molecule has 0 aromatic rings. The van der Waals surface area contributed by atoms with Gasteiger partial charge < -0.3 is 9.64 Å². The van der Waals surface area contributed by atoms with Gasteiger partial charge in [0.2, 0.25) is 0 Å². The summed E-state index contributed by atoms with van der Waals surface area (Å²) in [6.45, 7) is 0.714. The van der Waals surface area contributed by atoms with E-state index < -0.39 is 0 Å². The van der Waals surface area contributed by atoms with E-state index in [4.69, 9.17) is 16.5 Å². The molecule has 0 bridgehead atoms. The summed E-state index contributed by atoms with van der Waals surface area (Å²) in [4.78, 5) is 2.11. The molecule has 74 valence electrons. The van der Waals surface area contributed by atoms with Crippen LogP contribution in [0.4, 0.5) is 0 Å². The minimum atomic E-state index is 0.179. The maximum Gasteiger partial charge on any atom is 0.132 e. The minimum absolute atomic E-state index is 0.179. The number of alkyl halides is 1. The molecule has 0 saturated carbocycles. The van der Waals surface area contributed by atoms with E-state index in [0.29, 0.717) is 6.67 Å². The molecular weight excluding hydrogens is 255 g/mol. The van der Waals surface area contributed by atoms with E-state index in [9.17, 15) is 0 Å². The Kier molecular flexibility index (Phi) is 3.01. The Balaban J connectivity index is 1.90. The Morgan fingerprint density at radius 3 is 2.85 bits per heavy atom.